The monoisotopic (exact) mass is 438 g/mol. The van der Waals surface area contributed by atoms with Crippen LogP contribution < -0.4 is 4.90 Å². The van der Waals surface area contributed by atoms with Crippen LogP contribution >= 0.6 is 15.9 Å². The average Bonchev–Trinajstić information content (AvgIpc) is 2.63. The van der Waals surface area contributed by atoms with E-state index in [0.717, 1.165) is 15.7 Å². The van der Waals surface area contributed by atoms with Crippen molar-refractivity contribution in [3.8, 4) is 0 Å². The van der Waals surface area contributed by atoms with Crippen LogP contribution in [-0.4, -0.2) is 38.8 Å². The van der Waals surface area contributed by atoms with Crippen molar-refractivity contribution in [2.24, 2.45) is 0 Å². The van der Waals surface area contributed by atoms with Crippen LogP contribution in [0.5, 0.6) is 0 Å². The molecule has 5 nitrogen and oxygen atoms in total. The third-order valence-corrected chi connectivity index (χ3v) is 7.19. The molecule has 2 aromatic rings. The number of benzene rings is 2. The summed E-state index contributed by atoms with van der Waals surface area (Å²) in [5, 5.41) is 0. The molecular formula is C19H23BrN2O3S. The Bertz CT molecular complexity index is 909. The van der Waals surface area contributed by atoms with Crippen LogP contribution in [-0.2, 0) is 10.0 Å². The first kappa shape index (κ1) is 20.6. The Morgan fingerprint density at radius 3 is 2.31 bits per heavy atom. The third-order valence-electron chi connectivity index (χ3n) is 4.26. The summed E-state index contributed by atoms with van der Waals surface area (Å²) in [5.41, 5.74) is 2.09. The molecule has 0 aliphatic heterocycles. The van der Waals surface area contributed by atoms with Gasteiger partial charge in [-0.05, 0) is 48.9 Å². The summed E-state index contributed by atoms with van der Waals surface area (Å²) >= 11 is 3.44. The van der Waals surface area contributed by atoms with Crippen LogP contribution in [0.15, 0.2) is 51.8 Å². The minimum Gasteiger partial charge on any atom is -0.311 e. The molecular weight excluding hydrogens is 416 g/mol. The summed E-state index contributed by atoms with van der Waals surface area (Å²) in [7, 11) is -1.93. The molecule has 0 aliphatic rings. The molecule has 0 atom stereocenters. The van der Waals surface area contributed by atoms with Crippen molar-refractivity contribution in [3.63, 3.8) is 0 Å². The van der Waals surface area contributed by atoms with E-state index in [9.17, 15) is 13.2 Å². The zero-order chi connectivity index (χ0) is 19.5. The van der Waals surface area contributed by atoms with Crippen LogP contribution in [0.1, 0.15) is 29.8 Å². The van der Waals surface area contributed by atoms with Gasteiger partial charge in [0.2, 0.25) is 10.0 Å². The number of carbonyl (C=O) groups excluding carboxylic acids is 1. The van der Waals surface area contributed by atoms with Crippen molar-refractivity contribution in [3.05, 3.63) is 58.1 Å². The Hall–Kier alpha value is -1.70. The first-order valence-electron chi connectivity index (χ1n) is 8.36. The van der Waals surface area contributed by atoms with E-state index in [2.05, 4.69) is 15.9 Å². The number of carbonyl (C=O) groups is 1. The standard InChI is InChI=1S/C19H23BrN2O3S/c1-5-22(6-2)26(24,25)17-9-7-8-15(13-17)19(23)21(4)16-10-11-18(20)14(3)12-16/h7-13H,5-6H2,1-4H3. The fourth-order valence-corrected chi connectivity index (χ4v) is 4.40. The Morgan fingerprint density at radius 2 is 1.73 bits per heavy atom. The SMILES string of the molecule is CCN(CC)S(=O)(=O)c1cccc(C(=O)N(C)c2ccc(Br)c(C)c2)c1. The van der Waals surface area contributed by atoms with Crippen LogP contribution in [0.3, 0.4) is 0 Å². The summed E-state index contributed by atoms with van der Waals surface area (Å²) in [5.74, 6) is -0.261. The lowest BCUT2D eigenvalue weighted by molar-refractivity contribution is 0.0993. The van der Waals surface area contributed by atoms with Gasteiger partial charge in [-0.15, -0.1) is 0 Å². The van der Waals surface area contributed by atoms with Gasteiger partial charge in [0.25, 0.3) is 5.91 Å². The minimum atomic E-state index is -3.60. The highest BCUT2D eigenvalue weighted by atomic mass is 79.9. The van der Waals surface area contributed by atoms with Crippen LogP contribution in [0.2, 0.25) is 0 Å². The Morgan fingerprint density at radius 1 is 1.08 bits per heavy atom. The Kier molecular flexibility index (Phi) is 6.60. The van der Waals surface area contributed by atoms with Gasteiger partial charge in [0.05, 0.1) is 4.90 Å². The quantitative estimate of drug-likeness (QED) is 0.682. The van der Waals surface area contributed by atoms with Gasteiger partial charge >= 0.3 is 0 Å². The Balaban J connectivity index is 2.37. The van der Waals surface area contributed by atoms with E-state index in [1.165, 1.54) is 21.3 Å². The van der Waals surface area contributed by atoms with Crippen LogP contribution in [0.25, 0.3) is 0 Å². The molecule has 0 saturated carbocycles. The fourth-order valence-electron chi connectivity index (χ4n) is 2.65. The maximum absolute atomic E-state index is 12.8. The zero-order valence-corrected chi connectivity index (χ0v) is 17.8. The fraction of sp³-hybridized carbons (Fsp3) is 0.316. The maximum Gasteiger partial charge on any atom is 0.258 e. The van der Waals surface area contributed by atoms with Crippen LogP contribution in [0.4, 0.5) is 5.69 Å². The molecule has 0 unspecified atom stereocenters. The highest BCUT2D eigenvalue weighted by Gasteiger charge is 2.23. The number of anilines is 1. The summed E-state index contributed by atoms with van der Waals surface area (Å²) in [6.45, 7) is 6.30. The van der Waals surface area contributed by atoms with E-state index in [1.807, 2.05) is 25.1 Å². The van der Waals surface area contributed by atoms with Crippen molar-refractivity contribution in [2.75, 3.05) is 25.0 Å². The van der Waals surface area contributed by atoms with E-state index in [1.54, 1.807) is 33.0 Å². The number of aryl methyl sites for hydroxylation is 1. The first-order chi connectivity index (χ1) is 12.2. The maximum atomic E-state index is 12.8. The second-order valence-corrected chi connectivity index (χ2v) is 8.71. The molecule has 140 valence electrons. The first-order valence-corrected chi connectivity index (χ1v) is 10.6. The van der Waals surface area contributed by atoms with E-state index in [-0.39, 0.29) is 10.8 Å². The van der Waals surface area contributed by atoms with Crippen molar-refractivity contribution in [1.29, 1.82) is 0 Å². The molecule has 0 aliphatic carbocycles. The van der Waals surface area contributed by atoms with E-state index < -0.39 is 10.0 Å². The molecule has 0 N–H and O–H groups in total. The molecule has 2 aromatic carbocycles. The summed E-state index contributed by atoms with van der Waals surface area (Å²) in [6, 6.07) is 11.8. The number of rotatable bonds is 6. The molecule has 7 heteroatoms. The van der Waals surface area contributed by atoms with Crippen molar-refractivity contribution in [1.82, 2.24) is 4.31 Å². The predicted octanol–water partition coefficient (Wildman–Crippen LogP) is 4.06. The second-order valence-electron chi connectivity index (χ2n) is 5.91. The topological polar surface area (TPSA) is 57.7 Å². The molecule has 0 spiro atoms. The number of hydrogen-bond acceptors (Lipinski definition) is 3. The molecule has 0 saturated heterocycles. The summed E-state index contributed by atoms with van der Waals surface area (Å²) in [6.07, 6.45) is 0. The van der Waals surface area contributed by atoms with E-state index in [4.69, 9.17) is 0 Å². The summed E-state index contributed by atoms with van der Waals surface area (Å²) in [4.78, 5) is 14.5. The van der Waals surface area contributed by atoms with Gasteiger partial charge in [0.1, 0.15) is 0 Å². The number of halogens is 1. The second kappa shape index (κ2) is 8.33. The van der Waals surface area contributed by atoms with Crippen molar-refractivity contribution < 1.29 is 13.2 Å². The lowest BCUT2D eigenvalue weighted by atomic mass is 10.1. The van der Waals surface area contributed by atoms with E-state index >= 15 is 0 Å². The highest BCUT2D eigenvalue weighted by molar-refractivity contribution is 9.10. The van der Waals surface area contributed by atoms with Crippen LogP contribution in [0, 0.1) is 6.92 Å². The number of hydrogen-bond donors (Lipinski definition) is 0. The number of amides is 1. The van der Waals surface area contributed by atoms with Gasteiger partial charge in [0.15, 0.2) is 0 Å². The lowest BCUT2D eigenvalue weighted by Crippen LogP contribution is -2.31. The Labute approximate surface area is 163 Å². The molecule has 0 bridgehead atoms. The van der Waals surface area contributed by atoms with E-state index in [0.29, 0.717) is 18.7 Å². The number of nitrogens with zero attached hydrogens (tertiary/aromatic N) is 2. The van der Waals surface area contributed by atoms with Gasteiger partial charge in [0, 0.05) is 35.9 Å². The van der Waals surface area contributed by atoms with Gasteiger partial charge in [-0.2, -0.15) is 4.31 Å². The van der Waals surface area contributed by atoms with Gasteiger partial charge in [-0.3, -0.25) is 4.79 Å². The van der Waals surface area contributed by atoms with Gasteiger partial charge in [-0.25, -0.2) is 8.42 Å². The molecule has 0 heterocycles. The molecule has 0 radical (unpaired) electrons. The molecule has 2 rings (SSSR count). The van der Waals surface area contributed by atoms with Crippen molar-refractivity contribution >= 4 is 37.5 Å². The normalized spacial score (nSPS) is 11.6. The summed E-state index contributed by atoms with van der Waals surface area (Å²) < 4.78 is 27.7. The molecule has 0 aromatic heterocycles. The number of sulfonamides is 1. The molecule has 0 fully saturated rings. The zero-order valence-electron chi connectivity index (χ0n) is 15.4. The van der Waals surface area contributed by atoms with Gasteiger partial charge < -0.3 is 4.90 Å². The predicted molar refractivity (Wildman–Crippen MR) is 108 cm³/mol. The molecule has 26 heavy (non-hydrogen) atoms. The smallest absolute Gasteiger partial charge is 0.258 e. The highest BCUT2D eigenvalue weighted by Crippen LogP contribution is 2.24. The third kappa shape index (κ3) is 4.16. The minimum absolute atomic E-state index is 0.132. The average molecular weight is 439 g/mol. The largest absolute Gasteiger partial charge is 0.311 e. The van der Waals surface area contributed by atoms with Gasteiger partial charge in [-0.1, -0.05) is 35.8 Å². The van der Waals surface area contributed by atoms with Crippen molar-refractivity contribution in [2.45, 2.75) is 25.7 Å². The molecule has 1 amide bonds. The lowest BCUT2D eigenvalue weighted by Gasteiger charge is -2.20.